The second-order valence-electron chi connectivity index (χ2n) is 4.71. The van der Waals surface area contributed by atoms with E-state index in [4.69, 9.17) is 16.3 Å². The van der Waals surface area contributed by atoms with Crippen LogP contribution in [0.5, 0.6) is 0 Å². The van der Waals surface area contributed by atoms with E-state index in [0.717, 1.165) is 13.0 Å². The number of ether oxygens (including phenoxy) is 1. The maximum atomic E-state index is 11.6. The van der Waals surface area contributed by atoms with Crippen molar-refractivity contribution in [2.45, 2.75) is 31.7 Å². The Hall–Kier alpha value is -1.26. The van der Waals surface area contributed by atoms with Crippen LogP contribution in [0.1, 0.15) is 25.7 Å². The summed E-state index contributed by atoms with van der Waals surface area (Å²) >= 11 is 5.83. The predicted molar refractivity (Wildman–Crippen MR) is 76.7 cm³/mol. The summed E-state index contributed by atoms with van der Waals surface area (Å²) in [6.45, 7) is 1.50. The molecule has 0 saturated carbocycles. The molecule has 1 heterocycles. The highest BCUT2D eigenvalue weighted by Gasteiger charge is 2.13. The summed E-state index contributed by atoms with van der Waals surface area (Å²) in [7, 11) is 0. The van der Waals surface area contributed by atoms with Gasteiger partial charge in [0.15, 0.2) is 0 Å². The van der Waals surface area contributed by atoms with Crippen LogP contribution in [0.15, 0.2) is 24.3 Å². The number of piperidine rings is 1. The van der Waals surface area contributed by atoms with Crippen LogP contribution in [-0.2, 0) is 4.74 Å². The predicted octanol–water partition coefficient (Wildman–Crippen LogP) is 3.42. The van der Waals surface area contributed by atoms with E-state index in [-0.39, 0.29) is 0 Å². The first-order valence-electron chi connectivity index (χ1n) is 6.67. The highest BCUT2D eigenvalue weighted by molar-refractivity contribution is 6.30. The molecule has 0 aliphatic carbocycles. The van der Waals surface area contributed by atoms with Crippen LogP contribution >= 0.6 is 11.6 Å². The zero-order valence-electron chi connectivity index (χ0n) is 10.8. The minimum Gasteiger partial charge on any atom is -0.449 e. The smallest absolute Gasteiger partial charge is 0.411 e. The average Bonchev–Trinajstić information content (AvgIpc) is 2.40. The van der Waals surface area contributed by atoms with E-state index in [1.54, 1.807) is 24.3 Å². The molecule has 1 unspecified atom stereocenters. The minimum absolute atomic E-state index is 0.432. The van der Waals surface area contributed by atoms with Gasteiger partial charge in [0, 0.05) is 16.8 Å². The van der Waals surface area contributed by atoms with Crippen LogP contribution in [0.2, 0.25) is 5.02 Å². The first-order chi connectivity index (χ1) is 9.24. The first kappa shape index (κ1) is 14.2. The second-order valence-corrected chi connectivity index (χ2v) is 5.14. The van der Waals surface area contributed by atoms with Crippen LogP contribution in [-0.4, -0.2) is 25.3 Å². The second kappa shape index (κ2) is 7.36. The van der Waals surface area contributed by atoms with Crippen molar-refractivity contribution in [3.8, 4) is 0 Å². The lowest BCUT2D eigenvalue weighted by molar-refractivity contribution is 0.153. The third-order valence-corrected chi connectivity index (χ3v) is 3.42. The monoisotopic (exact) mass is 282 g/mol. The number of anilines is 1. The van der Waals surface area contributed by atoms with Crippen LogP contribution in [0, 0.1) is 0 Å². The topological polar surface area (TPSA) is 50.4 Å². The minimum atomic E-state index is -0.432. The summed E-state index contributed by atoms with van der Waals surface area (Å²) < 4.78 is 5.16. The van der Waals surface area contributed by atoms with Gasteiger partial charge in [-0.1, -0.05) is 24.1 Å². The maximum absolute atomic E-state index is 11.6. The van der Waals surface area contributed by atoms with E-state index >= 15 is 0 Å². The van der Waals surface area contributed by atoms with Gasteiger partial charge in [-0.15, -0.1) is 0 Å². The highest BCUT2D eigenvalue weighted by atomic mass is 35.5. The van der Waals surface area contributed by atoms with E-state index in [1.165, 1.54) is 19.3 Å². The molecule has 0 aromatic heterocycles. The summed E-state index contributed by atoms with van der Waals surface area (Å²) in [4.78, 5) is 11.6. The number of hydrogen-bond acceptors (Lipinski definition) is 3. The molecule has 0 spiro atoms. The molecule has 1 atom stereocenters. The van der Waals surface area contributed by atoms with Gasteiger partial charge >= 0.3 is 6.09 Å². The van der Waals surface area contributed by atoms with Gasteiger partial charge in [-0.3, -0.25) is 5.32 Å². The maximum Gasteiger partial charge on any atom is 0.411 e. The molecule has 1 fully saturated rings. The molecule has 1 aliphatic rings. The molecular weight excluding hydrogens is 264 g/mol. The van der Waals surface area contributed by atoms with Crippen LogP contribution in [0.4, 0.5) is 10.5 Å². The first-order valence-corrected chi connectivity index (χ1v) is 7.04. The van der Waals surface area contributed by atoms with Gasteiger partial charge in [-0.2, -0.15) is 0 Å². The molecule has 104 valence electrons. The Kier molecular flexibility index (Phi) is 5.48. The standard InChI is InChI=1S/C14H19ClN2O2/c15-11-4-3-6-13(10-11)17-14(18)19-9-7-12-5-1-2-8-16-12/h3-4,6,10,12,16H,1-2,5,7-9H2,(H,17,18). The number of carbonyl (C=O) groups is 1. The largest absolute Gasteiger partial charge is 0.449 e. The van der Waals surface area contributed by atoms with Crippen molar-refractivity contribution in [3.05, 3.63) is 29.3 Å². The van der Waals surface area contributed by atoms with E-state index in [1.807, 2.05) is 0 Å². The number of halogens is 1. The average molecular weight is 283 g/mol. The van der Waals surface area contributed by atoms with Crippen LogP contribution in [0.3, 0.4) is 0 Å². The summed E-state index contributed by atoms with van der Waals surface area (Å²) in [5.41, 5.74) is 0.647. The molecule has 2 N–H and O–H groups in total. The quantitative estimate of drug-likeness (QED) is 0.890. The molecule has 1 aliphatic heterocycles. The number of benzene rings is 1. The van der Waals surface area contributed by atoms with E-state index in [2.05, 4.69) is 10.6 Å². The lowest BCUT2D eigenvalue weighted by Crippen LogP contribution is -2.35. The van der Waals surface area contributed by atoms with Crippen molar-refractivity contribution < 1.29 is 9.53 Å². The zero-order chi connectivity index (χ0) is 13.5. The molecule has 0 bridgehead atoms. The normalized spacial score (nSPS) is 18.9. The third kappa shape index (κ3) is 5.09. The Balaban J connectivity index is 1.67. The van der Waals surface area contributed by atoms with Gasteiger partial charge in [0.05, 0.1) is 6.61 Å². The van der Waals surface area contributed by atoms with Gasteiger partial charge in [0.25, 0.3) is 0 Å². The SMILES string of the molecule is O=C(Nc1cccc(Cl)c1)OCCC1CCCCN1. The van der Waals surface area contributed by atoms with Gasteiger partial charge in [-0.25, -0.2) is 4.79 Å². The Bertz CT molecular complexity index is 420. The van der Waals surface area contributed by atoms with E-state index < -0.39 is 6.09 Å². The summed E-state index contributed by atoms with van der Waals surface area (Å²) in [6.07, 6.45) is 4.10. The Morgan fingerprint density at radius 2 is 2.37 bits per heavy atom. The summed E-state index contributed by atoms with van der Waals surface area (Å²) in [6, 6.07) is 7.48. The Labute approximate surface area is 118 Å². The summed E-state index contributed by atoms with van der Waals surface area (Å²) in [5, 5.41) is 6.66. The fourth-order valence-electron chi connectivity index (χ4n) is 2.18. The molecule has 0 radical (unpaired) electrons. The third-order valence-electron chi connectivity index (χ3n) is 3.18. The molecule has 5 heteroatoms. The molecule has 2 rings (SSSR count). The number of rotatable bonds is 4. The lowest BCUT2D eigenvalue weighted by atomic mass is 10.0. The fraction of sp³-hybridized carbons (Fsp3) is 0.500. The fourth-order valence-corrected chi connectivity index (χ4v) is 2.37. The Morgan fingerprint density at radius 3 is 3.11 bits per heavy atom. The molecule has 1 aromatic rings. The van der Waals surface area contributed by atoms with Crippen molar-refractivity contribution in [2.24, 2.45) is 0 Å². The molecular formula is C14H19ClN2O2. The molecule has 1 aromatic carbocycles. The van der Waals surface area contributed by atoms with Crippen LogP contribution < -0.4 is 10.6 Å². The van der Waals surface area contributed by atoms with Crippen LogP contribution in [0.25, 0.3) is 0 Å². The number of amides is 1. The lowest BCUT2D eigenvalue weighted by Gasteiger charge is -2.23. The van der Waals surface area contributed by atoms with E-state index in [0.29, 0.717) is 23.4 Å². The number of nitrogens with one attached hydrogen (secondary N) is 2. The van der Waals surface area contributed by atoms with E-state index in [9.17, 15) is 4.79 Å². The molecule has 19 heavy (non-hydrogen) atoms. The van der Waals surface area contributed by atoms with Crippen molar-refractivity contribution in [2.75, 3.05) is 18.5 Å². The molecule has 1 amide bonds. The molecule has 4 nitrogen and oxygen atoms in total. The van der Waals surface area contributed by atoms with Crippen molar-refractivity contribution in [1.82, 2.24) is 5.32 Å². The van der Waals surface area contributed by atoms with Gasteiger partial charge < -0.3 is 10.1 Å². The van der Waals surface area contributed by atoms with Gasteiger partial charge in [0.1, 0.15) is 0 Å². The van der Waals surface area contributed by atoms with Crippen molar-refractivity contribution in [1.29, 1.82) is 0 Å². The highest BCUT2D eigenvalue weighted by Crippen LogP contribution is 2.15. The van der Waals surface area contributed by atoms with Crippen molar-refractivity contribution >= 4 is 23.4 Å². The van der Waals surface area contributed by atoms with Gasteiger partial charge in [-0.05, 0) is 44.0 Å². The number of hydrogen-bond donors (Lipinski definition) is 2. The zero-order valence-corrected chi connectivity index (χ0v) is 11.6. The summed E-state index contributed by atoms with van der Waals surface area (Å²) in [5.74, 6) is 0. The Morgan fingerprint density at radius 1 is 1.47 bits per heavy atom. The molecule has 1 saturated heterocycles. The van der Waals surface area contributed by atoms with Crippen molar-refractivity contribution in [3.63, 3.8) is 0 Å². The number of carbonyl (C=O) groups excluding carboxylic acids is 1. The van der Waals surface area contributed by atoms with Gasteiger partial charge in [0.2, 0.25) is 0 Å².